The Hall–Kier alpha value is -1.39. The van der Waals surface area contributed by atoms with Crippen LogP contribution in [0.4, 0.5) is 5.69 Å². The second-order valence-electron chi connectivity index (χ2n) is 4.65. The van der Waals surface area contributed by atoms with Crippen molar-refractivity contribution < 1.29 is 4.79 Å². The second-order valence-corrected chi connectivity index (χ2v) is 4.65. The molecule has 1 fully saturated rings. The first-order chi connectivity index (χ1) is 8.72. The molecule has 1 aromatic rings. The number of para-hydroxylation sites is 1. The van der Waals surface area contributed by atoms with E-state index in [1.807, 2.05) is 42.3 Å². The average molecular weight is 247 g/mol. The third-order valence-corrected chi connectivity index (χ3v) is 3.30. The Morgan fingerprint density at radius 3 is 2.33 bits per heavy atom. The van der Waals surface area contributed by atoms with E-state index in [9.17, 15) is 4.79 Å². The van der Waals surface area contributed by atoms with Crippen LogP contribution in [0.15, 0.2) is 30.3 Å². The maximum absolute atomic E-state index is 12.2. The van der Waals surface area contributed by atoms with Crippen LogP contribution in [-0.2, 0) is 4.79 Å². The highest BCUT2D eigenvalue weighted by atomic mass is 16.2. The molecular weight excluding hydrogens is 226 g/mol. The van der Waals surface area contributed by atoms with Gasteiger partial charge in [-0.2, -0.15) is 0 Å². The number of anilines is 1. The van der Waals surface area contributed by atoms with Crippen molar-refractivity contribution >= 4 is 11.6 Å². The number of hydrogen-bond donors (Lipinski definition) is 0. The molecule has 98 valence electrons. The van der Waals surface area contributed by atoms with Crippen LogP contribution in [0.25, 0.3) is 0 Å². The van der Waals surface area contributed by atoms with Gasteiger partial charge in [-0.3, -0.25) is 4.79 Å². The molecule has 0 unspecified atom stereocenters. The minimum Gasteiger partial charge on any atom is -0.304 e. The summed E-state index contributed by atoms with van der Waals surface area (Å²) in [6.45, 7) is 5.71. The summed E-state index contributed by atoms with van der Waals surface area (Å²) in [6, 6.07) is 9.91. The highest BCUT2D eigenvalue weighted by Gasteiger charge is 2.24. The zero-order valence-corrected chi connectivity index (χ0v) is 11.2. The minimum absolute atomic E-state index is 0.158. The van der Waals surface area contributed by atoms with E-state index in [1.54, 1.807) is 0 Å². The maximum atomic E-state index is 12.2. The van der Waals surface area contributed by atoms with E-state index in [0.29, 0.717) is 6.42 Å². The van der Waals surface area contributed by atoms with Crippen LogP contribution in [0.3, 0.4) is 0 Å². The lowest BCUT2D eigenvalue weighted by Gasteiger charge is -2.39. The molecule has 0 bridgehead atoms. The molecule has 1 amide bonds. The molecule has 1 aliphatic heterocycles. The number of likely N-dealkylation sites (N-methyl/N-ethyl adjacent to an activating group) is 1. The molecule has 0 atom stereocenters. The molecule has 1 heterocycles. The van der Waals surface area contributed by atoms with Crippen LogP contribution in [0.1, 0.15) is 13.3 Å². The van der Waals surface area contributed by atoms with Gasteiger partial charge in [0.2, 0.25) is 5.91 Å². The second kappa shape index (κ2) is 5.98. The Bertz CT molecular complexity index is 385. The number of amides is 1. The summed E-state index contributed by atoms with van der Waals surface area (Å²) in [5, 5.41) is 3.99. The molecule has 4 nitrogen and oxygen atoms in total. The number of hydrogen-bond acceptors (Lipinski definition) is 3. The van der Waals surface area contributed by atoms with Crippen molar-refractivity contribution in [3.05, 3.63) is 30.3 Å². The number of nitrogens with zero attached hydrogens (tertiary/aromatic N) is 3. The molecule has 1 saturated heterocycles. The fourth-order valence-electron chi connectivity index (χ4n) is 2.18. The van der Waals surface area contributed by atoms with Gasteiger partial charge >= 0.3 is 0 Å². The van der Waals surface area contributed by atoms with E-state index in [4.69, 9.17) is 0 Å². The Morgan fingerprint density at radius 1 is 1.17 bits per heavy atom. The molecule has 0 saturated carbocycles. The topological polar surface area (TPSA) is 26.8 Å². The van der Waals surface area contributed by atoms with Crippen LogP contribution < -0.4 is 5.01 Å². The molecule has 2 rings (SSSR count). The first-order valence-corrected chi connectivity index (χ1v) is 6.53. The number of benzene rings is 1. The summed E-state index contributed by atoms with van der Waals surface area (Å²) in [5.74, 6) is 0.158. The SMILES string of the molecule is CCC(=O)N(c1ccccc1)N1CCN(C)CC1. The predicted molar refractivity (Wildman–Crippen MR) is 73.3 cm³/mol. The van der Waals surface area contributed by atoms with E-state index in [0.717, 1.165) is 31.9 Å². The van der Waals surface area contributed by atoms with Gasteiger partial charge in [-0.1, -0.05) is 25.1 Å². The van der Waals surface area contributed by atoms with E-state index in [2.05, 4.69) is 17.0 Å². The molecular formula is C14H21N3O. The van der Waals surface area contributed by atoms with E-state index >= 15 is 0 Å². The number of rotatable bonds is 3. The van der Waals surface area contributed by atoms with Crippen molar-refractivity contribution in [2.24, 2.45) is 0 Å². The monoisotopic (exact) mass is 247 g/mol. The maximum Gasteiger partial charge on any atom is 0.241 e. The lowest BCUT2D eigenvalue weighted by molar-refractivity contribution is -0.121. The van der Waals surface area contributed by atoms with Gasteiger partial charge in [0, 0.05) is 32.6 Å². The molecule has 1 aromatic carbocycles. The number of carbonyl (C=O) groups is 1. The molecule has 0 spiro atoms. The fourth-order valence-corrected chi connectivity index (χ4v) is 2.18. The summed E-state index contributed by atoms with van der Waals surface area (Å²) in [4.78, 5) is 14.5. The lowest BCUT2D eigenvalue weighted by atomic mass is 10.3. The molecule has 1 aliphatic rings. The van der Waals surface area contributed by atoms with Gasteiger partial charge in [0.15, 0.2) is 0 Å². The summed E-state index contributed by atoms with van der Waals surface area (Å²) in [5.41, 5.74) is 0.967. The normalized spacial score (nSPS) is 17.7. The van der Waals surface area contributed by atoms with Crippen LogP contribution in [0.2, 0.25) is 0 Å². The number of carbonyl (C=O) groups excluding carboxylic acids is 1. The third kappa shape index (κ3) is 2.89. The van der Waals surface area contributed by atoms with E-state index in [1.165, 1.54) is 0 Å². The van der Waals surface area contributed by atoms with Crippen molar-refractivity contribution in [1.82, 2.24) is 9.91 Å². The van der Waals surface area contributed by atoms with E-state index in [-0.39, 0.29) is 5.91 Å². The van der Waals surface area contributed by atoms with Gasteiger partial charge in [-0.05, 0) is 19.2 Å². The van der Waals surface area contributed by atoms with Crippen molar-refractivity contribution in [2.75, 3.05) is 38.2 Å². The standard InChI is InChI=1S/C14H21N3O/c1-3-14(18)17(13-7-5-4-6-8-13)16-11-9-15(2)10-12-16/h4-8H,3,9-12H2,1-2H3. The minimum atomic E-state index is 0.158. The average Bonchev–Trinajstić information content (AvgIpc) is 2.42. The molecule has 0 N–H and O–H groups in total. The highest BCUT2D eigenvalue weighted by molar-refractivity contribution is 5.92. The smallest absolute Gasteiger partial charge is 0.241 e. The zero-order valence-electron chi connectivity index (χ0n) is 11.2. The van der Waals surface area contributed by atoms with Gasteiger partial charge in [0.25, 0.3) is 0 Å². The molecule has 0 aromatic heterocycles. The van der Waals surface area contributed by atoms with Crippen molar-refractivity contribution in [3.63, 3.8) is 0 Å². The van der Waals surface area contributed by atoms with Gasteiger partial charge in [-0.25, -0.2) is 10.0 Å². The summed E-state index contributed by atoms with van der Waals surface area (Å²) >= 11 is 0. The quantitative estimate of drug-likeness (QED) is 0.811. The first-order valence-electron chi connectivity index (χ1n) is 6.53. The number of piperazine rings is 1. The molecule has 4 heteroatoms. The van der Waals surface area contributed by atoms with Gasteiger partial charge in [-0.15, -0.1) is 0 Å². The fraction of sp³-hybridized carbons (Fsp3) is 0.500. The molecule has 0 aliphatic carbocycles. The largest absolute Gasteiger partial charge is 0.304 e. The zero-order chi connectivity index (χ0) is 13.0. The van der Waals surface area contributed by atoms with Gasteiger partial charge in [0.05, 0.1) is 5.69 Å². The van der Waals surface area contributed by atoms with Crippen molar-refractivity contribution in [1.29, 1.82) is 0 Å². The third-order valence-electron chi connectivity index (χ3n) is 3.30. The summed E-state index contributed by atoms with van der Waals surface area (Å²) in [7, 11) is 2.12. The van der Waals surface area contributed by atoms with Crippen LogP contribution >= 0.6 is 0 Å². The predicted octanol–water partition coefficient (Wildman–Crippen LogP) is 1.59. The Kier molecular flexibility index (Phi) is 4.33. The summed E-state index contributed by atoms with van der Waals surface area (Å²) in [6.07, 6.45) is 0.529. The lowest BCUT2D eigenvalue weighted by Crippen LogP contribution is -2.55. The first kappa shape index (κ1) is 13.1. The highest BCUT2D eigenvalue weighted by Crippen LogP contribution is 2.18. The Labute approximate surface area is 109 Å². The van der Waals surface area contributed by atoms with Crippen LogP contribution in [0, 0.1) is 0 Å². The molecule has 0 radical (unpaired) electrons. The van der Waals surface area contributed by atoms with Crippen molar-refractivity contribution in [2.45, 2.75) is 13.3 Å². The van der Waals surface area contributed by atoms with Crippen molar-refractivity contribution in [3.8, 4) is 0 Å². The van der Waals surface area contributed by atoms with Gasteiger partial charge < -0.3 is 4.90 Å². The van der Waals surface area contributed by atoms with Gasteiger partial charge in [0.1, 0.15) is 0 Å². The molecule has 18 heavy (non-hydrogen) atoms. The van der Waals surface area contributed by atoms with E-state index < -0.39 is 0 Å². The van der Waals surface area contributed by atoms with Crippen LogP contribution in [0.5, 0.6) is 0 Å². The Balaban J connectivity index is 2.18. The summed E-state index contributed by atoms with van der Waals surface area (Å²) < 4.78 is 0. The Morgan fingerprint density at radius 2 is 1.78 bits per heavy atom. The van der Waals surface area contributed by atoms with Crippen LogP contribution in [-0.4, -0.2) is 49.0 Å². The number of hydrazine groups is 1.